The van der Waals surface area contributed by atoms with E-state index in [0.717, 1.165) is 10.5 Å². The van der Waals surface area contributed by atoms with Crippen molar-refractivity contribution < 1.29 is 23.8 Å². The second kappa shape index (κ2) is 9.06. The van der Waals surface area contributed by atoms with E-state index in [0.29, 0.717) is 5.56 Å². The largest absolute Gasteiger partial charge is 0.465 e. The zero-order valence-electron chi connectivity index (χ0n) is 13.2. The number of rotatable bonds is 8. The number of carbonyl (C=O) groups excluding carboxylic acids is 1. The Kier molecular flexibility index (Phi) is 7.43. The zero-order chi connectivity index (χ0) is 17.4. The lowest BCUT2D eigenvalue weighted by atomic mass is 10.1. The van der Waals surface area contributed by atoms with E-state index in [1.165, 1.54) is 13.1 Å². The van der Waals surface area contributed by atoms with Gasteiger partial charge in [0.25, 0.3) is 0 Å². The van der Waals surface area contributed by atoms with Gasteiger partial charge in [-0.3, -0.25) is 4.79 Å². The van der Waals surface area contributed by atoms with Crippen molar-refractivity contribution in [2.75, 3.05) is 26.8 Å². The van der Waals surface area contributed by atoms with Crippen molar-refractivity contribution >= 4 is 12.0 Å². The van der Waals surface area contributed by atoms with Gasteiger partial charge in [0.1, 0.15) is 11.9 Å². The minimum Gasteiger partial charge on any atom is -0.465 e. The Labute approximate surface area is 134 Å². The lowest BCUT2D eigenvalue weighted by molar-refractivity contribution is -0.123. The third-order valence-corrected chi connectivity index (χ3v) is 3.19. The molecule has 0 aromatic heterocycles. The van der Waals surface area contributed by atoms with Crippen LogP contribution in [-0.2, 0) is 16.1 Å². The number of aryl methyl sites for hydroxylation is 1. The molecule has 0 saturated heterocycles. The number of nitrogens with zero attached hydrogens (tertiary/aromatic N) is 1. The van der Waals surface area contributed by atoms with Crippen molar-refractivity contribution in [1.82, 2.24) is 10.2 Å². The SMILES string of the molecule is Cc1ccc(CNC(=O)C(N)COCCN(C)C(=O)O)c(F)c1. The molecule has 7 nitrogen and oxygen atoms in total. The minimum atomic E-state index is -1.06. The number of hydrogen-bond acceptors (Lipinski definition) is 4. The van der Waals surface area contributed by atoms with E-state index in [9.17, 15) is 14.0 Å². The van der Waals surface area contributed by atoms with Crippen LogP contribution in [0.1, 0.15) is 11.1 Å². The van der Waals surface area contributed by atoms with Crippen LogP contribution in [0.15, 0.2) is 18.2 Å². The Morgan fingerprint density at radius 2 is 2.17 bits per heavy atom. The van der Waals surface area contributed by atoms with Crippen LogP contribution in [0.3, 0.4) is 0 Å². The number of ether oxygens (including phenoxy) is 1. The van der Waals surface area contributed by atoms with Crippen molar-refractivity contribution in [2.45, 2.75) is 19.5 Å². The van der Waals surface area contributed by atoms with Gasteiger partial charge in [-0.2, -0.15) is 0 Å². The highest BCUT2D eigenvalue weighted by Crippen LogP contribution is 2.09. The maximum atomic E-state index is 13.6. The molecule has 1 unspecified atom stereocenters. The number of nitrogens with two attached hydrogens (primary N) is 1. The van der Waals surface area contributed by atoms with Gasteiger partial charge in [-0.05, 0) is 18.6 Å². The van der Waals surface area contributed by atoms with Crippen molar-refractivity contribution in [2.24, 2.45) is 5.73 Å². The molecule has 0 saturated carbocycles. The second-order valence-electron chi connectivity index (χ2n) is 5.20. The summed E-state index contributed by atoms with van der Waals surface area (Å²) in [6.07, 6.45) is -1.06. The molecule has 4 N–H and O–H groups in total. The molecule has 1 aromatic rings. The summed E-state index contributed by atoms with van der Waals surface area (Å²) in [6, 6.07) is 3.85. The lowest BCUT2D eigenvalue weighted by Crippen LogP contribution is -2.43. The van der Waals surface area contributed by atoms with Gasteiger partial charge in [0.2, 0.25) is 5.91 Å². The summed E-state index contributed by atoms with van der Waals surface area (Å²) in [5.74, 6) is -0.844. The van der Waals surface area contributed by atoms with Crippen molar-refractivity contribution in [3.63, 3.8) is 0 Å². The lowest BCUT2D eigenvalue weighted by Gasteiger charge is -2.15. The van der Waals surface area contributed by atoms with Gasteiger partial charge in [0, 0.05) is 25.7 Å². The predicted molar refractivity (Wildman–Crippen MR) is 82.4 cm³/mol. The molecule has 2 amide bonds. The van der Waals surface area contributed by atoms with E-state index in [-0.39, 0.29) is 32.1 Å². The van der Waals surface area contributed by atoms with Gasteiger partial charge >= 0.3 is 6.09 Å². The average Bonchev–Trinajstić information content (AvgIpc) is 2.49. The average molecular weight is 327 g/mol. The maximum absolute atomic E-state index is 13.6. The van der Waals surface area contributed by atoms with E-state index < -0.39 is 18.0 Å². The molecule has 0 bridgehead atoms. The molecule has 0 radical (unpaired) electrons. The van der Waals surface area contributed by atoms with Crippen LogP contribution in [0, 0.1) is 12.7 Å². The Balaban J connectivity index is 2.30. The molecular formula is C15H22FN3O4. The molecule has 1 rings (SSSR count). The summed E-state index contributed by atoms with van der Waals surface area (Å²) in [5.41, 5.74) is 6.83. The number of benzene rings is 1. The minimum absolute atomic E-state index is 0.0421. The maximum Gasteiger partial charge on any atom is 0.407 e. The van der Waals surface area contributed by atoms with Gasteiger partial charge in [-0.25, -0.2) is 9.18 Å². The predicted octanol–water partition coefficient (Wildman–Crippen LogP) is 0.704. The molecule has 0 aliphatic carbocycles. The fraction of sp³-hybridized carbons (Fsp3) is 0.467. The topological polar surface area (TPSA) is 105 Å². The first-order chi connectivity index (χ1) is 10.8. The van der Waals surface area contributed by atoms with E-state index in [4.69, 9.17) is 15.6 Å². The summed E-state index contributed by atoms with van der Waals surface area (Å²) in [7, 11) is 1.41. The summed E-state index contributed by atoms with van der Waals surface area (Å²) in [6.45, 7) is 2.09. The van der Waals surface area contributed by atoms with E-state index in [1.54, 1.807) is 19.1 Å². The molecule has 23 heavy (non-hydrogen) atoms. The molecule has 1 atom stereocenters. The van der Waals surface area contributed by atoms with Gasteiger partial charge in [0.05, 0.1) is 13.2 Å². The number of carbonyl (C=O) groups is 2. The van der Waals surface area contributed by atoms with Crippen LogP contribution in [0.25, 0.3) is 0 Å². The van der Waals surface area contributed by atoms with Crippen molar-refractivity contribution in [1.29, 1.82) is 0 Å². The molecule has 1 aromatic carbocycles. The summed E-state index contributed by atoms with van der Waals surface area (Å²) in [4.78, 5) is 23.4. The first-order valence-corrected chi connectivity index (χ1v) is 7.11. The highest BCUT2D eigenvalue weighted by Gasteiger charge is 2.14. The highest BCUT2D eigenvalue weighted by atomic mass is 19.1. The van der Waals surface area contributed by atoms with Crippen molar-refractivity contribution in [3.05, 3.63) is 35.1 Å². The molecule has 0 aliphatic heterocycles. The van der Waals surface area contributed by atoms with E-state index in [1.807, 2.05) is 0 Å². The smallest absolute Gasteiger partial charge is 0.407 e. The van der Waals surface area contributed by atoms with Gasteiger partial charge in [-0.15, -0.1) is 0 Å². The molecule has 0 aliphatic rings. The quantitative estimate of drug-likeness (QED) is 0.610. The number of nitrogens with one attached hydrogen (secondary N) is 1. The van der Waals surface area contributed by atoms with Crippen LogP contribution in [0.5, 0.6) is 0 Å². The van der Waals surface area contributed by atoms with Gasteiger partial charge in [-0.1, -0.05) is 12.1 Å². The highest BCUT2D eigenvalue weighted by molar-refractivity contribution is 5.81. The Hall–Kier alpha value is -2.19. The number of carboxylic acid groups (broad SMARTS) is 1. The van der Waals surface area contributed by atoms with Gasteiger partial charge in [0.15, 0.2) is 0 Å². The van der Waals surface area contributed by atoms with Gasteiger partial charge < -0.3 is 25.8 Å². The fourth-order valence-corrected chi connectivity index (χ4v) is 1.69. The number of amides is 2. The Morgan fingerprint density at radius 3 is 2.78 bits per heavy atom. The zero-order valence-corrected chi connectivity index (χ0v) is 13.2. The van der Waals surface area contributed by atoms with E-state index >= 15 is 0 Å². The molecular weight excluding hydrogens is 305 g/mol. The monoisotopic (exact) mass is 327 g/mol. The summed E-state index contributed by atoms with van der Waals surface area (Å²) in [5, 5.41) is 11.2. The number of likely N-dealkylation sites (N-methyl/N-ethyl adjacent to an activating group) is 1. The van der Waals surface area contributed by atoms with Crippen LogP contribution in [0.2, 0.25) is 0 Å². The third-order valence-electron chi connectivity index (χ3n) is 3.19. The second-order valence-corrected chi connectivity index (χ2v) is 5.20. The van der Waals surface area contributed by atoms with Crippen LogP contribution in [0.4, 0.5) is 9.18 Å². The summed E-state index contributed by atoms with van der Waals surface area (Å²) < 4.78 is 18.8. The number of hydrogen-bond donors (Lipinski definition) is 3. The van der Waals surface area contributed by atoms with Crippen LogP contribution >= 0.6 is 0 Å². The van der Waals surface area contributed by atoms with Crippen molar-refractivity contribution in [3.8, 4) is 0 Å². The number of halogens is 1. The first-order valence-electron chi connectivity index (χ1n) is 7.11. The van der Waals surface area contributed by atoms with Crippen LogP contribution < -0.4 is 11.1 Å². The Bertz CT molecular complexity index is 554. The van der Waals surface area contributed by atoms with Crippen LogP contribution in [-0.4, -0.2) is 54.9 Å². The third kappa shape index (κ3) is 6.62. The molecule has 8 heteroatoms. The molecule has 0 spiro atoms. The standard InChI is InChI=1S/C15H22FN3O4/c1-10-3-4-11(12(16)7-10)8-18-14(20)13(17)9-23-6-5-19(2)15(21)22/h3-4,7,13H,5-6,8-9,17H2,1-2H3,(H,18,20)(H,21,22). The molecule has 0 fully saturated rings. The molecule has 0 heterocycles. The molecule has 128 valence electrons. The first kappa shape index (κ1) is 18.9. The normalized spacial score (nSPS) is 11.8. The Morgan fingerprint density at radius 1 is 1.48 bits per heavy atom. The summed E-state index contributed by atoms with van der Waals surface area (Å²) >= 11 is 0. The van der Waals surface area contributed by atoms with E-state index in [2.05, 4.69) is 5.32 Å². The fourth-order valence-electron chi connectivity index (χ4n) is 1.69.